The SMILES string of the molecule is COC(=O)N1CCCC1COCCN. The summed E-state index contributed by atoms with van der Waals surface area (Å²) in [7, 11) is 1.40. The highest BCUT2D eigenvalue weighted by Gasteiger charge is 2.29. The van der Waals surface area contributed by atoms with Crippen molar-refractivity contribution in [2.45, 2.75) is 18.9 Å². The van der Waals surface area contributed by atoms with Crippen LogP contribution in [0.25, 0.3) is 0 Å². The zero-order chi connectivity index (χ0) is 10.4. The van der Waals surface area contributed by atoms with Gasteiger partial charge in [0.1, 0.15) is 0 Å². The number of hydrogen-bond acceptors (Lipinski definition) is 4. The lowest BCUT2D eigenvalue weighted by molar-refractivity contribution is 0.0691. The summed E-state index contributed by atoms with van der Waals surface area (Å²) in [5, 5.41) is 0. The van der Waals surface area contributed by atoms with Crippen LogP contribution in [0.2, 0.25) is 0 Å². The third kappa shape index (κ3) is 2.85. The van der Waals surface area contributed by atoms with Crippen LogP contribution in [-0.4, -0.2) is 50.4 Å². The first-order valence-corrected chi connectivity index (χ1v) is 4.92. The van der Waals surface area contributed by atoms with E-state index in [0.717, 1.165) is 19.4 Å². The van der Waals surface area contributed by atoms with Gasteiger partial charge in [-0.25, -0.2) is 4.79 Å². The Morgan fingerprint density at radius 1 is 1.64 bits per heavy atom. The topological polar surface area (TPSA) is 64.8 Å². The molecule has 0 aromatic carbocycles. The van der Waals surface area contributed by atoms with Gasteiger partial charge in [-0.05, 0) is 12.8 Å². The fourth-order valence-corrected chi connectivity index (χ4v) is 1.67. The molecule has 1 rings (SSSR count). The monoisotopic (exact) mass is 202 g/mol. The van der Waals surface area contributed by atoms with Gasteiger partial charge in [-0.2, -0.15) is 0 Å². The molecule has 0 aromatic heterocycles. The van der Waals surface area contributed by atoms with Crippen LogP contribution in [0.3, 0.4) is 0 Å². The highest BCUT2D eigenvalue weighted by Crippen LogP contribution is 2.18. The average Bonchev–Trinajstić information content (AvgIpc) is 2.65. The van der Waals surface area contributed by atoms with E-state index in [4.69, 9.17) is 10.5 Å². The van der Waals surface area contributed by atoms with Crippen molar-refractivity contribution in [3.63, 3.8) is 0 Å². The van der Waals surface area contributed by atoms with Gasteiger partial charge in [-0.1, -0.05) is 0 Å². The molecule has 5 heteroatoms. The maximum Gasteiger partial charge on any atom is 0.409 e. The Hall–Kier alpha value is -0.810. The summed E-state index contributed by atoms with van der Waals surface area (Å²) in [5.74, 6) is 0. The number of rotatable bonds is 4. The third-order valence-electron chi connectivity index (χ3n) is 2.36. The molecule has 0 aliphatic carbocycles. The number of ether oxygens (including phenoxy) is 2. The molecule has 0 bridgehead atoms. The fourth-order valence-electron chi connectivity index (χ4n) is 1.67. The Labute approximate surface area is 84.1 Å². The Kier molecular flexibility index (Phi) is 4.69. The molecule has 0 aromatic rings. The third-order valence-corrected chi connectivity index (χ3v) is 2.36. The van der Waals surface area contributed by atoms with Crippen LogP contribution in [0.4, 0.5) is 4.79 Å². The first-order chi connectivity index (χ1) is 6.79. The molecule has 1 fully saturated rings. The average molecular weight is 202 g/mol. The summed E-state index contributed by atoms with van der Waals surface area (Å²) in [6.07, 6.45) is 1.75. The summed E-state index contributed by atoms with van der Waals surface area (Å²) < 4.78 is 9.99. The molecule has 0 saturated carbocycles. The van der Waals surface area contributed by atoms with Crippen LogP contribution in [0.5, 0.6) is 0 Å². The minimum absolute atomic E-state index is 0.161. The standard InChI is InChI=1S/C9H18N2O3/c1-13-9(12)11-5-2-3-8(11)7-14-6-4-10/h8H,2-7,10H2,1H3. The van der Waals surface area contributed by atoms with Crippen LogP contribution in [0.1, 0.15) is 12.8 Å². The molecule has 82 valence electrons. The number of carbonyl (C=O) groups excluding carboxylic acids is 1. The molecule has 1 unspecified atom stereocenters. The van der Waals surface area contributed by atoms with Gasteiger partial charge >= 0.3 is 6.09 Å². The lowest BCUT2D eigenvalue weighted by Gasteiger charge is -2.22. The van der Waals surface area contributed by atoms with Crippen LogP contribution in [-0.2, 0) is 9.47 Å². The van der Waals surface area contributed by atoms with Gasteiger partial charge in [-0.3, -0.25) is 0 Å². The van der Waals surface area contributed by atoms with Gasteiger partial charge in [-0.15, -0.1) is 0 Å². The Bertz CT molecular complexity index is 187. The highest BCUT2D eigenvalue weighted by atomic mass is 16.5. The number of amides is 1. The van der Waals surface area contributed by atoms with E-state index in [1.54, 1.807) is 4.90 Å². The largest absolute Gasteiger partial charge is 0.453 e. The van der Waals surface area contributed by atoms with Gasteiger partial charge in [0, 0.05) is 13.1 Å². The summed E-state index contributed by atoms with van der Waals surface area (Å²) in [5.41, 5.74) is 5.30. The molecule has 1 aliphatic rings. The van der Waals surface area contributed by atoms with Crippen molar-refractivity contribution in [2.24, 2.45) is 5.73 Å². The summed E-state index contributed by atoms with van der Waals surface area (Å²) in [4.78, 5) is 13.0. The molecule has 1 aliphatic heterocycles. The molecule has 2 N–H and O–H groups in total. The molecule has 1 amide bonds. The van der Waals surface area contributed by atoms with Crippen LogP contribution in [0.15, 0.2) is 0 Å². The highest BCUT2D eigenvalue weighted by molar-refractivity contribution is 5.68. The first-order valence-electron chi connectivity index (χ1n) is 4.92. The molecule has 0 spiro atoms. The minimum atomic E-state index is -0.260. The second kappa shape index (κ2) is 5.82. The minimum Gasteiger partial charge on any atom is -0.453 e. The van der Waals surface area contributed by atoms with Crippen LogP contribution in [0, 0.1) is 0 Å². The van der Waals surface area contributed by atoms with E-state index in [0.29, 0.717) is 19.8 Å². The maximum absolute atomic E-state index is 11.3. The molecular weight excluding hydrogens is 184 g/mol. The number of methoxy groups -OCH3 is 1. The van der Waals surface area contributed by atoms with Crippen molar-refractivity contribution >= 4 is 6.09 Å². The summed E-state index contributed by atoms with van der Waals surface area (Å²) in [6.45, 7) is 2.39. The van der Waals surface area contributed by atoms with Gasteiger partial charge in [0.05, 0.1) is 26.4 Å². The van der Waals surface area contributed by atoms with E-state index in [-0.39, 0.29) is 12.1 Å². The van der Waals surface area contributed by atoms with Crippen molar-refractivity contribution in [3.05, 3.63) is 0 Å². The van der Waals surface area contributed by atoms with Gasteiger partial charge < -0.3 is 20.1 Å². The van der Waals surface area contributed by atoms with Crippen molar-refractivity contribution in [3.8, 4) is 0 Å². The normalized spacial score (nSPS) is 21.3. The van der Waals surface area contributed by atoms with Gasteiger partial charge in [0.2, 0.25) is 0 Å². The molecule has 5 nitrogen and oxygen atoms in total. The number of nitrogens with two attached hydrogens (primary N) is 1. The Balaban J connectivity index is 2.31. The number of nitrogens with zero attached hydrogens (tertiary/aromatic N) is 1. The van der Waals surface area contributed by atoms with E-state index >= 15 is 0 Å². The first kappa shape index (κ1) is 11.3. The van der Waals surface area contributed by atoms with Gasteiger partial charge in [0.25, 0.3) is 0 Å². The van der Waals surface area contributed by atoms with E-state index in [1.165, 1.54) is 7.11 Å². The molecule has 1 heterocycles. The molecule has 0 radical (unpaired) electrons. The molecule has 1 saturated heterocycles. The van der Waals surface area contributed by atoms with E-state index < -0.39 is 0 Å². The fraction of sp³-hybridized carbons (Fsp3) is 0.889. The van der Waals surface area contributed by atoms with Crippen molar-refractivity contribution in [2.75, 3.05) is 33.4 Å². The summed E-state index contributed by atoms with van der Waals surface area (Å²) in [6, 6.07) is 0.161. The second-order valence-corrected chi connectivity index (χ2v) is 3.32. The quantitative estimate of drug-likeness (QED) is 0.661. The number of carbonyl (C=O) groups is 1. The predicted octanol–water partition coefficient (Wildman–Crippen LogP) is 0.193. The lowest BCUT2D eigenvalue weighted by atomic mass is 10.2. The van der Waals surface area contributed by atoms with Crippen molar-refractivity contribution in [1.82, 2.24) is 4.90 Å². The Morgan fingerprint density at radius 2 is 2.43 bits per heavy atom. The zero-order valence-corrected chi connectivity index (χ0v) is 8.57. The number of hydrogen-bond donors (Lipinski definition) is 1. The van der Waals surface area contributed by atoms with E-state index in [1.807, 2.05) is 0 Å². The Morgan fingerprint density at radius 3 is 3.07 bits per heavy atom. The van der Waals surface area contributed by atoms with Crippen LogP contribution < -0.4 is 5.73 Å². The predicted molar refractivity (Wildman–Crippen MR) is 52.0 cm³/mol. The van der Waals surface area contributed by atoms with E-state index in [2.05, 4.69) is 4.74 Å². The second-order valence-electron chi connectivity index (χ2n) is 3.32. The summed E-state index contributed by atoms with van der Waals surface area (Å²) >= 11 is 0. The maximum atomic E-state index is 11.3. The van der Waals surface area contributed by atoms with Crippen molar-refractivity contribution in [1.29, 1.82) is 0 Å². The molecular formula is C9H18N2O3. The van der Waals surface area contributed by atoms with Gasteiger partial charge in [0.15, 0.2) is 0 Å². The van der Waals surface area contributed by atoms with Crippen LogP contribution >= 0.6 is 0 Å². The molecule has 14 heavy (non-hydrogen) atoms. The molecule has 1 atom stereocenters. The lowest BCUT2D eigenvalue weighted by Crippen LogP contribution is -2.38. The number of likely N-dealkylation sites (tertiary alicyclic amines) is 1. The van der Waals surface area contributed by atoms with E-state index in [9.17, 15) is 4.79 Å². The smallest absolute Gasteiger partial charge is 0.409 e. The zero-order valence-electron chi connectivity index (χ0n) is 8.57. The van der Waals surface area contributed by atoms with Crippen molar-refractivity contribution < 1.29 is 14.3 Å².